The number of aromatic nitrogens is 2. The maximum atomic E-state index is 11.5. The fourth-order valence-electron chi connectivity index (χ4n) is 2.38. The highest BCUT2D eigenvalue weighted by Crippen LogP contribution is 2.30. The number of fused-ring (bicyclic) bond motifs is 1. The Labute approximate surface area is 109 Å². The van der Waals surface area contributed by atoms with Crippen LogP contribution in [0.5, 0.6) is 0 Å². The average Bonchev–Trinajstić information content (AvgIpc) is 3.04. The van der Waals surface area contributed by atoms with E-state index >= 15 is 0 Å². The second-order valence-corrected chi connectivity index (χ2v) is 4.59. The van der Waals surface area contributed by atoms with Crippen molar-refractivity contribution in [2.24, 2.45) is 5.73 Å². The molecule has 5 heteroatoms. The largest absolute Gasteiger partial charge is 0.366 e. The Balaban J connectivity index is 2.21. The summed E-state index contributed by atoms with van der Waals surface area (Å²) in [5, 5.41) is 3.06. The Kier molecular flexibility index (Phi) is 1.75. The first-order chi connectivity index (χ1) is 9.85. The summed E-state index contributed by atoms with van der Waals surface area (Å²) in [5.41, 5.74) is 5.46. The van der Waals surface area contributed by atoms with Crippen LogP contribution in [0.2, 0.25) is 0 Å². The molecule has 2 aromatic rings. The number of benzene rings is 1. The smallest absolute Gasteiger partial charge is 0.250 e. The van der Waals surface area contributed by atoms with Crippen LogP contribution in [0.1, 0.15) is 40.0 Å². The van der Waals surface area contributed by atoms with Crippen molar-refractivity contribution >= 4 is 16.9 Å². The van der Waals surface area contributed by atoms with Gasteiger partial charge in [-0.2, -0.15) is 0 Å². The second kappa shape index (κ2) is 3.81. The highest BCUT2D eigenvalue weighted by atomic mass is 16.1. The molecule has 0 saturated carbocycles. The number of nitrogens with one attached hydrogen (secondary N) is 2. The first-order valence-electron chi connectivity index (χ1n) is 7.39. The summed E-state index contributed by atoms with van der Waals surface area (Å²) >= 11 is 0. The molecular weight excluding hydrogens is 229 g/mol. The quantitative estimate of drug-likeness (QED) is 0.699. The Morgan fingerprint density at radius 2 is 2.50 bits per heavy atom. The van der Waals surface area contributed by atoms with Crippen molar-refractivity contribution in [3.63, 3.8) is 0 Å². The van der Waals surface area contributed by atoms with Crippen LogP contribution >= 0.6 is 0 Å². The zero-order valence-corrected chi connectivity index (χ0v) is 9.79. The molecule has 18 heavy (non-hydrogen) atoms. The zero-order chi connectivity index (χ0) is 15.3. The summed E-state index contributed by atoms with van der Waals surface area (Å²) in [7, 11) is 0. The highest BCUT2D eigenvalue weighted by Gasteiger charge is 2.33. The van der Waals surface area contributed by atoms with E-state index in [1.165, 1.54) is 0 Å². The van der Waals surface area contributed by atoms with Crippen LogP contribution in [-0.4, -0.2) is 22.4 Å². The van der Waals surface area contributed by atoms with Gasteiger partial charge in [-0.05, 0) is 38.4 Å². The SMILES string of the molecule is [2H][13C]([2H])([2H])[C@]1(c2nc3c(C(N)=O)cccc3[nH]2)CCCN1. The lowest BCUT2D eigenvalue weighted by molar-refractivity contribution is 0.100. The summed E-state index contributed by atoms with van der Waals surface area (Å²) < 4.78 is 23.5. The molecule has 1 fully saturated rings. The molecule has 1 aliphatic rings. The third kappa shape index (κ3) is 1.59. The number of H-pyrrole nitrogens is 1. The maximum Gasteiger partial charge on any atom is 0.250 e. The van der Waals surface area contributed by atoms with Gasteiger partial charge in [-0.25, -0.2) is 4.98 Å². The van der Waals surface area contributed by atoms with E-state index in [1.54, 1.807) is 18.2 Å². The molecule has 0 unspecified atom stereocenters. The minimum absolute atomic E-state index is 0.286. The molecule has 1 atom stereocenters. The summed E-state index contributed by atoms with van der Waals surface area (Å²) in [6.07, 6.45) is 1.23. The summed E-state index contributed by atoms with van der Waals surface area (Å²) in [5.74, 6) is -0.246. The van der Waals surface area contributed by atoms with Gasteiger partial charge in [0, 0.05) is 4.11 Å². The monoisotopic (exact) mass is 248 g/mol. The van der Waals surface area contributed by atoms with Gasteiger partial charge >= 0.3 is 0 Å². The van der Waals surface area contributed by atoms with E-state index in [9.17, 15) is 4.79 Å². The fourth-order valence-corrected chi connectivity index (χ4v) is 2.38. The Morgan fingerprint density at radius 1 is 1.61 bits per heavy atom. The number of imidazole rings is 1. The van der Waals surface area contributed by atoms with Crippen LogP contribution < -0.4 is 11.1 Å². The van der Waals surface area contributed by atoms with E-state index in [0.29, 0.717) is 29.8 Å². The number of primary amides is 1. The summed E-state index contributed by atoms with van der Waals surface area (Å²) in [6.45, 7) is -1.61. The number of hydrogen-bond donors (Lipinski definition) is 3. The zero-order valence-electron chi connectivity index (χ0n) is 12.8. The number of nitrogens with zero attached hydrogens (tertiary/aromatic N) is 1. The van der Waals surface area contributed by atoms with Gasteiger partial charge in [0.25, 0.3) is 5.91 Å². The molecular formula is C13H16N4O. The molecule has 1 aliphatic heterocycles. The number of amides is 1. The summed E-state index contributed by atoms with van der Waals surface area (Å²) in [6, 6.07) is 5.02. The fraction of sp³-hybridized carbons (Fsp3) is 0.385. The van der Waals surface area contributed by atoms with Crippen molar-refractivity contribution < 1.29 is 8.91 Å². The number of aromatic amines is 1. The van der Waals surface area contributed by atoms with Crippen LogP contribution in [0, 0.1) is 0 Å². The van der Waals surface area contributed by atoms with Crippen LogP contribution in [0.15, 0.2) is 18.2 Å². The van der Waals surface area contributed by atoms with Crippen molar-refractivity contribution in [1.82, 2.24) is 15.3 Å². The van der Waals surface area contributed by atoms with Crippen LogP contribution in [-0.2, 0) is 5.54 Å². The van der Waals surface area contributed by atoms with E-state index in [1.807, 2.05) is 0 Å². The minimum atomic E-state index is -2.23. The molecule has 94 valence electrons. The first kappa shape index (κ1) is 8.26. The van der Waals surface area contributed by atoms with Crippen LogP contribution in [0.25, 0.3) is 11.0 Å². The molecule has 0 radical (unpaired) electrons. The van der Waals surface area contributed by atoms with E-state index < -0.39 is 18.3 Å². The number of carbonyl (C=O) groups is 1. The van der Waals surface area contributed by atoms with Crippen molar-refractivity contribution in [2.75, 3.05) is 6.54 Å². The van der Waals surface area contributed by atoms with Gasteiger partial charge in [0.15, 0.2) is 0 Å². The molecule has 4 N–H and O–H groups in total. The Morgan fingerprint density at radius 3 is 3.17 bits per heavy atom. The molecule has 5 nitrogen and oxygen atoms in total. The number of para-hydroxylation sites is 1. The van der Waals surface area contributed by atoms with Crippen LogP contribution in [0.4, 0.5) is 0 Å². The van der Waals surface area contributed by atoms with E-state index in [0.717, 1.165) is 6.42 Å². The van der Waals surface area contributed by atoms with E-state index in [-0.39, 0.29) is 5.56 Å². The van der Waals surface area contributed by atoms with Crippen molar-refractivity contribution in [2.45, 2.75) is 25.2 Å². The highest BCUT2D eigenvalue weighted by molar-refractivity contribution is 6.04. The lowest BCUT2D eigenvalue weighted by atomic mass is 10.1. The van der Waals surface area contributed by atoms with Crippen molar-refractivity contribution in [1.29, 1.82) is 0 Å². The van der Waals surface area contributed by atoms with Crippen molar-refractivity contribution in [3.8, 4) is 0 Å². The molecule has 1 aromatic heterocycles. The third-order valence-electron chi connectivity index (χ3n) is 3.34. The molecule has 1 saturated heterocycles. The number of rotatable bonds is 2. The predicted octanol–water partition coefficient (Wildman–Crippen LogP) is 1.26. The van der Waals surface area contributed by atoms with Gasteiger partial charge in [-0.15, -0.1) is 0 Å². The molecule has 1 amide bonds. The third-order valence-corrected chi connectivity index (χ3v) is 3.34. The van der Waals surface area contributed by atoms with E-state index in [2.05, 4.69) is 15.3 Å². The lowest BCUT2D eigenvalue weighted by Crippen LogP contribution is -2.34. The molecule has 1 aromatic carbocycles. The predicted molar refractivity (Wildman–Crippen MR) is 69.2 cm³/mol. The van der Waals surface area contributed by atoms with Crippen molar-refractivity contribution in [3.05, 3.63) is 29.6 Å². The minimum Gasteiger partial charge on any atom is -0.366 e. The second-order valence-electron chi connectivity index (χ2n) is 4.59. The van der Waals surface area contributed by atoms with Crippen LogP contribution in [0.3, 0.4) is 0 Å². The topological polar surface area (TPSA) is 83.8 Å². The number of nitrogens with two attached hydrogens (primary N) is 1. The Bertz CT molecular complexity index is 701. The maximum absolute atomic E-state index is 11.5. The molecule has 0 aliphatic carbocycles. The molecule has 2 heterocycles. The Hall–Kier alpha value is -1.88. The van der Waals surface area contributed by atoms with Gasteiger partial charge < -0.3 is 16.0 Å². The van der Waals surface area contributed by atoms with Gasteiger partial charge in [-0.1, -0.05) is 6.07 Å². The summed E-state index contributed by atoms with van der Waals surface area (Å²) in [4.78, 5) is 18.9. The first-order valence-corrected chi connectivity index (χ1v) is 5.89. The molecule has 3 rings (SSSR count). The molecule has 0 bridgehead atoms. The standard InChI is InChI=1S/C13H16N4O/c1-13(6-3-7-15-13)12-16-9-5-2-4-8(11(14)18)10(9)17-12/h2,4-5,15H,3,6-7H2,1H3,(H2,14,18)(H,16,17)/t13-/m1/s1/i1+1D3. The van der Waals surface area contributed by atoms with E-state index in [4.69, 9.17) is 9.85 Å². The van der Waals surface area contributed by atoms with Gasteiger partial charge in [0.05, 0.1) is 16.6 Å². The average molecular weight is 248 g/mol. The lowest BCUT2D eigenvalue weighted by Gasteiger charge is -2.21. The number of carbonyl (C=O) groups excluding carboxylic acids is 1. The van der Waals surface area contributed by atoms with Gasteiger partial charge in [-0.3, -0.25) is 4.79 Å². The van der Waals surface area contributed by atoms with Gasteiger partial charge in [0.2, 0.25) is 0 Å². The number of hydrogen-bond acceptors (Lipinski definition) is 3. The normalized spacial score (nSPS) is 26.8. The molecule has 0 spiro atoms. The van der Waals surface area contributed by atoms with Gasteiger partial charge in [0.1, 0.15) is 11.3 Å².